The minimum atomic E-state index is -0.303. The number of carbonyl (C=O) groups excluding carboxylic acids is 1. The average Bonchev–Trinajstić information content (AvgIpc) is 3.25. The summed E-state index contributed by atoms with van der Waals surface area (Å²) >= 11 is 6.06. The molecule has 0 aliphatic heterocycles. The van der Waals surface area contributed by atoms with E-state index in [1.165, 1.54) is 0 Å². The fraction of sp³-hybridized carbons (Fsp3) is 0.192. The van der Waals surface area contributed by atoms with Crippen molar-refractivity contribution in [1.29, 1.82) is 5.26 Å². The lowest BCUT2D eigenvalue weighted by Gasteiger charge is -2.11. The van der Waals surface area contributed by atoms with Crippen molar-refractivity contribution in [2.45, 2.75) is 19.9 Å². The molecule has 0 saturated heterocycles. The normalized spacial score (nSPS) is 10.7. The van der Waals surface area contributed by atoms with Gasteiger partial charge in [-0.25, -0.2) is 4.68 Å². The summed E-state index contributed by atoms with van der Waals surface area (Å²) in [4.78, 5) is 21.5. The number of nitriles is 1. The highest BCUT2D eigenvalue weighted by Crippen LogP contribution is 2.26. The summed E-state index contributed by atoms with van der Waals surface area (Å²) in [5.74, 6) is 0.169. The summed E-state index contributed by atoms with van der Waals surface area (Å²) in [5, 5.41) is 21.7. The van der Waals surface area contributed by atoms with E-state index in [2.05, 4.69) is 31.8 Å². The lowest BCUT2D eigenvalue weighted by atomic mass is 10.0. The fourth-order valence-corrected chi connectivity index (χ4v) is 3.64. The molecule has 176 valence electrons. The van der Waals surface area contributed by atoms with Crippen LogP contribution in [0.2, 0.25) is 5.02 Å². The molecular formula is C26H24ClN7O. The van der Waals surface area contributed by atoms with E-state index in [1.807, 2.05) is 19.1 Å². The van der Waals surface area contributed by atoms with E-state index in [0.717, 1.165) is 24.2 Å². The maximum atomic E-state index is 13.2. The number of aromatic nitrogens is 4. The van der Waals surface area contributed by atoms with Gasteiger partial charge in [0.05, 0.1) is 11.4 Å². The molecule has 0 radical (unpaired) electrons. The molecule has 0 atom stereocenters. The highest BCUT2D eigenvalue weighted by atomic mass is 35.5. The first kappa shape index (κ1) is 24.1. The Hall–Kier alpha value is -4.06. The van der Waals surface area contributed by atoms with Gasteiger partial charge in [-0.05, 0) is 44.2 Å². The summed E-state index contributed by atoms with van der Waals surface area (Å²) in [6, 6.07) is 16.5. The molecule has 0 unspecified atom stereocenters. The second-order valence-corrected chi connectivity index (χ2v) is 8.36. The quantitative estimate of drug-likeness (QED) is 0.254. The molecule has 0 aliphatic carbocycles. The lowest BCUT2D eigenvalue weighted by molar-refractivity contribution is 0.103. The maximum Gasteiger partial charge on any atom is 0.214 e. The molecule has 2 aromatic heterocycles. The third-order valence-corrected chi connectivity index (χ3v) is 5.59. The summed E-state index contributed by atoms with van der Waals surface area (Å²) in [7, 11) is 0. The van der Waals surface area contributed by atoms with Gasteiger partial charge < -0.3 is 10.6 Å². The molecule has 2 heterocycles. The SMILES string of the molecule is Cc1ccc(C(=O)c2nn(-c3ccc(Cl)cc3)c(NCCCNCc3cnccn3)c2C#N)cc1. The predicted octanol–water partition coefficient (Wildman–Crippen LogP) is 4.32. The second-order valence-electron chi connectivity index (χ2n) is 7.92. The molecule has 0 amide bonds. The zero-order chi connectivity index (χ0) is 24.6. The largest absolute Gasteiger partial charge is 0.369 e. The van der Waals surface area contributed by atoms with Gasteiger partial charge in [-0.2, -0.15) is 10.4 Å². The van der Waals surface area contributed by atoms with Gasteiger partial charge in [0.15, 0.2) is 5.69 Å². The third-order valence-electron chi connectivity index (χ3n) is 5.34. The smallest absolute Gasteiger partial charge is 0.214 e. The Balaban J connectivity index is 1.54. The predicted molar refractivity (Wildman–Crippen MR) is 135 cm³/mol. The zero-order valence-electron chi connectivity index (χ0n) is 19.2. The number of nitrogens with zero attached hydrogens (tertiary/aromatic N) is 5. The third kappa shape index (κ3) is 5.90. The number of aryl methyl sites for hydroxylation is 1. The van der Waals surface area contributed by atoms with Crippen LogP contribution >= 0.6 is 11.6 Å². The molecular weight excluding hydrogens is 462 g/mol. The van der Waals surface area contributed by atoms with Crippen LogP contribution in [0.3, 0.4) is 0 Å². The lowest BCUT2D eigenvalue weighted by Crippen LogP contribution is -2.19. The Kier molecular flexibility index (Phi) is 7.83. The fourth-order valence-electron chi connectivity index (χ4n) is 3.51. The molecule has 4 aromatic rings. The van der Waals surface area contributed by atoms with Gasteiger partial charge in [-0.15, -0.1) is 0 Å². The number of nitrogens with one attached hydrogen (secondary N) is 2. The van der Waals surface area contributed by atoms with Crippen LogP contribution in [-0.4, -0.2) is 38.6 Å². The number of benzene rings is 2. The molecule has 0 spiro atoms. The van der Waals surface area contributed by atoms with E-state index in [4.69, 9.17) is 11.6 Å². The minimum absolute atomic E-state index is 0.106. The number of ketones is 1. The Labute approximate surface area is 208 Å². The highest BCUT2D eigenvalue weighted by Gasteiger charge is 2.25. The zero-order valence-corrected chi connectivity index (χ0v) is 20.0. The van der Waals surface area contributed by atoms with E-state index in [0.29, 0.717) is 35.2 Å². The molecule has 8 nitrogen and oxygen atoms in total. The van der Waals surface area contributed by atoms with E-state index >= 15 is 0 Å². The van der Waals surface area contributed by atoms with Gasteiger partial charge in [0, 0.05) is 42.3 Å². The van der Waals surface area contributed by atoms with Gasteiger partial charge in [0.2, 0.25) is 5.78 Å². The van der Waals surface area contributed by atoms with Crippen molar-refractivity contribution in [2.24, 2.45) is 0 Å². The van der Waals surface area contributed by atoms with Gasteiger partial charge in [0.25, 0.3) is 0 Å². The Bertz CT molecular complexity index is 1330. The van der Waals surface area contributed by atoms with Crippen molar-refractivity contribution in [1.82, 2.24) is 25.1 Å². The van der Waals surface area contributed by atoms with Crippen LogP contribution < -0.4 is 10.6 Å². The highest BCUT2D eigenvalue weighted by molar-refractivity contribution is 6.30. The van der Waals surface area contributed by atoms with Gasteiger partial charge in [0.1, 0.15) is 17.5 Å². The first-order valence-electron chi connectivity index (χ1n) is 11.2. The molecule has 0 aliphatic rings. The molecule has 4 rings (SSSR count). The number of anilines is 1. The van der Waals surface area contributed by atoms with Crippen molar-refractivity contribution in [3.05, 3.63) is 100 Å². The Morgan fingerprint density at radius 3 is 2.54 bits per heavy atom. The second kappa shape index (κ2) is 11.4. The molecule has 35 heavy (non-hydrogen) atoms. The number of hydrogen-bond acceptors (Lipinski definition) is 7. The Morgan fingerprint density at radius 2 is 1.86 bits per heavy atom. The van der Waals surface area contributed by atoms with E-state index < -0.39 is 0 Å². The van der Waals surface area contributed by atoms with Crippen molar-refractivity contribution in [3.8, 4) is 11.8 Å². The van der Waals surface area contributed by atoms with Crippen molar-refractivity contribution in [2.75, 3.05) is 18.4 Å². The van der Waals surface area contributed by atoms with Crippen molar-refractivity contribution < 1.29 is 4.79 Å². The van der Waals surface area contributed by atoms with Crippen LogP contribution in [-0.2, 0) is 6.54 Å². The first-order valence-corrected chi connectivity index (χ1v) is 11.5. The van der Waals surface area contributed by atoms with Gasteiger partial charge in [-0.1, -0.05) is 41.4 Å². The van der Waals surface area contributed by atoms with Crippen LogP contribution in [0.5, 0.6) is 0 Å². The summed E-state index contributed by atoms with van der Waals surface area (Å²) in [5.41, 5.74) is 3.40. The summed E-state index contributed by atoms with van der Waals surface area (Å²) in [6.07, 6.45) is 5.80. The van der Waals surface area contributed by atoms with Crippen molar-refractivity contribution >= 4 is 23.2 Å². The molecule has 0 bridgehead atoms. The summed E-state index contributed by atoms with van der Waals surface area (Å²) in [6.45, 7) is 3.87. The van der Waals surface area contributed by atoms with E-state index in [-0.39, 0.29) is 17.0 Å². The van der Waals surface area contributed by atoms with Crippen molar-refractivity contribution in [3.63, 3.8) is 0 Å². The first-order chi connectivity index (χ1) is 17.1. The van der Waals surface area contributed by atoms with Crippen LogP contribution in [0.25, 0.3) is 5.69 Å². The van der Waals surface area contributed by atoms with Gasteiger partial charge >= 0.3 is 0 Å². The molecule has 0 saturated carbocycles. The molecule has 0 fully saturated rings. The van der Waals surface area contributed by atoms with Crippen LogP contribution in [0.4, 0.5) is 5.82 Å². The van der Waals surface area contributed by atoms with Crippen LogP contribution in [0.1, 0.15) is 39.3 Å². The number of carbonyl (C=O) groups is 1. The van der Waals surface area contributed by atoms with E-state index in [1.54, 1.807) is 59.7 Å². The number of halogens is 1. The molecule has 2 N–H and O–H groups in total. The molecule has 2 aromatic carbocycles. The topological polar surface area (TPSA) is 109 Å². The van der Waals surface area contributed by atoms with E-state index in [9.17, 15) is 10.1 Å². The average molecular weight is 486 g/mol. The maximum absolute atomic E-state index is 13.2. The van der Waals surface area contributed by atoms with Gasteiger partial charge in [-0.3, -0.25) is 14.8 Å². The number of rotatable bonds is 10. The standard InChI is InChI=1S/C26H24ClN7O/c1-18-3-5-19(6-4-18)25(35)24-23(15-28)26(34(33-24)22-9-7-20(27)8-10-22)32-12-2-11-29-16-21-17-30-13-14-31-21/h3-10,13-14,17,29,32H,2,11-12,16H2,1H3. The Morgan fingerprint density at radius 1 is 1.09 bits per heavy atom. The summed E-state index contributed by atoms with van der Waals surface area (Å²) < 4.78 is 1.59. The van der Waals surface area contributed by atoms with Crippen LogP contribution in [0.15, 0.2) is 67.1 Å². The monoisotopic (exact) mass is 485 g/mol. The number of hydrogen-bond donors (Lipinski definition) is 2. The molecule has 9 heteroatoms. The minimum Gasteiger partial charge on any atom is -0.369 e. The van der Waals surface area contributed by atoms with Crippen LogP contribution in [0, 0.1) is 18.3 Å².